The standard InChI is InChI=1S/C11H14BrFN2OS/c1-7-2-3-9(12)10(13)8(7)6-15-11(17)14-4-5-16/h2-3,16H,4-6H2,1H3,(H2,14,15,17). The van der Waals surface area contributed by atoms with Crippen molar-refractivity contribution in [1.29, 1.82) is 0 Å². The molecule has 6 heteroatoms. The van der Waals surface area contributed by atoms with Gasteiger partial charge in [-0.1, -0.05) is 6.07 Å². The highest BCUT2D eigenvalue weighted by atomic mass is 79.9. The van der Waals surface area contributed by atoms with Crippen LogP contribution in [0.15, 0.2) is 16.6 Å². The van der Waals surface area contributed by atoms with Crippen LogP contribution in [0.2, 0.25) is 0 Å². The van der Waals surface area contributed by atoms with Gasteiger partial charge in [-0.2, -0.15) is 0 Å². The number of aliphatic hydroxyl groups excluding tert-OH is 1. The van der Waals surface area contributed by atoms with Crippen LogP contribution >= 0.6 is 28.1 Å². The first-order chi connectivity index (χ1) is 8.06. The fourth-order valence-corrected chi connectivity index (χ4v) is 1.85. The molecule has 1 rings (SSSR count). The van der Waals surface area contributed by atoms with Gasteiger partial charge in [0.2, 0.25) is 0 Å². The minimum atomic E-state index is -0.276. The Bertz CT molecular complexity index is 415. The molecule has 0 fully saturated rings. The third-order valence-electron chi connectivity index (χ3n) is 2.25. The smallest absolute Gasteiger partial charge is 0.166 e. The van der Waals surface area contributed by atoms with Gasteiger partial charge in [-0.3, -0.25) is 0 Å². The molecule has 0 saturated heterocycles. The van der Waals surface area contributed by atoms with Gasteiger partial charge in [-0.15, -0.1) is 0 Å². The van der Waals surface area contributed by atoms with E-state index in [-0.39, 0.29) is 12.4 Å². The van der Waals surface area contributed by atoms with Gasteiger partial charge in [0.1, 0.15) is 5.82 Å². The molecular weight excluding hydrogens is 307 g/mol. The summed E-state index contributed by atoms with van der Waals surface area (Å²) < 4.78 is 14.2. The summed E-state index contributed by atoms with van der Waals surface area (Å²) >= 11 is 8.12. The van der Waals surface area contributed by atoms with E-state index in [1.807, 2.05) is 13.0 Å². The van der Waals surface area contributed by atoms with Crippen molar-refractivity contribution in [3.63, 3.8) is 0 Å². The van der Waals surface area contributed by atoms with E-state index in [9.17, 15) is 4.39 Å². The molecule has 0 radical (unpaired) electrons. The molecule has 0 saturated carbocycles. The van der Waals surface area contributed by atoms with Crippen LogP contribution < -0.4 is 10.6 Å². The van der Waals surface area contributed by atoms with Gasteiger partial charge < -0.3 is 15.7 Å². The lowest BCUT2D eigenvalue weighted by molar-refractivity contribution is 0.300. The fourth-order valence-electron chi connectivity index (χ4n) is 1.31. The highest BCUT2D eigenvalue weighted by Crippen LogP contribution is 2.21. The van der Waals surface area contributed by atoms with Crippen LogP contribution in [-0.2, 0) is 6.54 Å². The second-order valence-corrected chi connectivity index (χ2v) is 4.75. The Morgan fingerprint density at radius 1 is 1.47 bits per heavy atom. The Kier molecular flexibility index (Phi) is 5.80. The van der Waals surface area contributed by atoms with E-state index in [0.717, 1.165) is 5.56 Å². The zero-order chi connectivity index (χ0) is 12.8. The molecule has 0 aliphatic carbocycles. The molecule has 0 spiro atoms. The number of nitrogens with one attached hydrogen (secondary N) is 2. The maximum absolute atomic E-state index is 13.8. The van der Waals surface area contributed by atoms with Gasteiger partial charge in [0.25, 0.3) is 0 Å². The second-order valence-electron chi connectivity index (χ2n) is 3.49. The third kappa shape index (κ3) is 4.22. The van der Waals surface area contributed by atoms with Crippen LogP contribution in [-0.4, -0.2) is 23.4 Å². The van der Waals surface area contributed by atoms with Gasteiger partial charge in [0.15, 0.2) is 5.11 Å². The van der Waals surface area contributed by atoms with Crippen LogP contribution in [0.1, 0.15) is 11.1 Å². The number of aryl methyl sites for hydroxylation is 1. The molecule has 0 heterocycles. The number of aliphatic hydroxyl groups is 1. The van der Waals surface area contributed by atoms with Crippen LogP contribution in [0.3, 0.4) is 0 Å². The molecule has 0 aliphatic heterocycles. The normalized spacial score (nSPS) is 10.1. The van der Waals surface area contributed by atoms with Crippen molar-refractivity contribution in [2.75, 3.05) is 13.2 Å². The summed E-state index contributed by atoms with van der Waals surface area (Å²) in [5.74, 6) is -0.276. The summed E-state index contributed by atoms with van der Waals surface area (Å²) in [6.45, 7) is 2.54. The zero-order valence-electron chi connectivity index (χ0n) is 9.39. The quantitative estimate of drug-likeness (QED) is 0.741. The fraction of sp³-hybridized carbons (Fsp3) is 0.364. The van der Waals surface area contributed by atoms with Crippen LogP contribution in [0.4, 0.5) is 4.39 Å². The summed E-state index contributed by atoms with van der Waals surface area (Å²) in [4.78, 5) is 0. The zero-order valence-corrected chi connectivity index (χ0v) is 11.8. The van der Waals surface area contributed by atoms with E-state index in [2.05, 4.69) is 26.6 Å². The Morgan fingerprint density at radius 2 is 2.18 bits per heavy atom. The minimum Gasteiger partial charge on any atom is -0.395 e. The predicted octanol–water partition coefficient (Wildman–Crippen LogP) is 1.85. The first-order valence-corrected chi connectivity index (χ1v) is 6.32. The maximum Gasteiger partial charge on any atom is 0.166 e. The number of rotatable bonds is 4. The summed E-state index contributed by atoms with van der Waals surface area (Å²) in [6, 6.07) is 3.52. The van der Waals surface area contributed by atoms with E-state index < -0.39 is 0 Å². The number of hydrogen-bond acceptors (Lipinski definition) is 2. The molecule has 3 nitrogen and oxygen atoms in total. The van der Waals surface area contributed by atoms with Gasteiger partial charge >= 0.3 is 0 Å². The molecule has 1 aromatic rings. The summed E-state index contributed by atoms with van der Waals surface area (Å²) in [5, 5.41) is 14.7. The lowest BCUT2D eigenvalue weighted by atomic mass is 10.1. The number of thiocarbonyl (C=S) groups is 1. The molecule has 1 aromatic carbocycles. The van der Waals surface area contributed by atoms with E-state index in [4.69, 9.17) is 17.3 Å². The van der Waals surface area contributed by atoms with Crippen molar-refractivity contribution in [1.82, 2.24) is 10.6 Å². The van der Waals surface area contributed by atoms with E-state index in [1.54, 1.807) is 6.07 Å². The van der Waals surface area contributed by atoms with Crippen LogP contribution in [0, 0.1) is 12.7 Å². The Hall–Kier alpha value is -0.720. The summed E-state index contributed by atoms with van der Waals surface area (Å²) in [7, 11) is 0. The topological polar surface area (TPSA) is 44.3 Å². The molecule has 0 aromatic heterocycles. The highest BCUT2D eigenvalue weighted by Gasteiger charge is 2.09. The largest absolute Gasteiger partial charge is 0.395 e. The van der Waals surface area contributed by atoms with Crippen molar-refractivity contribution < 1.29 is 9.50 Å². The lowest BCUT2D eigenvalue weighted by Crippen LogP contribution is -2.36. The van der Waals surface area contributed by atoms with Crippen LogP contribution in [0.5, 0.6) is 0 Å². The highest BCUT2D eigenvalue weighted by molar-refractivity contribution is 9.10. The van der Waals surface area contributed by atoms with Crippen molar-refractivity contribution in [3.8, 4) is 0 Å². The van der Waals surface area contributed by atoms with Crippen LogP contribution in [0.25, 0.3) is 0 Å². The first-order valence-electron chi connectivity index (χ1n) is 5.12. The van der Waals surface area contributed by atoms with Gasteiger partial charge in [-0.05, 0) is 46.7 Å². The Morgan fingerprint density at radius 3 is 2.82 bits per heavy atom. The Labute approximate surface area is 114 Å². The third-order valence-corrected chi connectivity index (χ3v) is 3.15. The van der Waals surface area contributed by atoms with Crippen molar-refractivity contribution >= 4 is 33.3 Å². The average molecular weight is 321 g/mol. The SMILES string of the molecule is Cc1ccc(Br)c(F)c1CNC(=S)NCCO. The molecule has 0 atom stereocenters. The summed E-state index contributed by atoms with van der Waals surface area (Å²) in [6.07, 6.45) is 0. The summed E-state index contributed by atoms with van der Waals surface area (Å²) in [5.41, 5.74) is 1.44. The van der Waals surface area contributed by atoms with E-state index in [0.29, 0.717) is 28.2 Å². The van der Waals surface area contributed by atoms with E-state index >= 15 is 0 Å². The van der Waals surface area contributed by atoms with Gasteiger partial charge in [0, 0.05) is 18.7 Å². The Balaban J connectivity index is 2.63. The maximum atomic E-state index is 13.8. The molecule has 94 valence electrons. The molecule has 0 unspecified atom stereocenters. The molecule has 3 N–H and O–H groups in total. The molecule has 0 aliphatic rings. The molecular formula is C11H14BrFN2OS. The molecule has 0 amide bonds. The second kappa shape index (κ2) is 6.88. The monoisotopic (exact) mass is 320 g/mol. The molecule has 17 heavy (non-hydrogen) atoms. The van der Waals surface area contributed by atoms with Crippen molar-refractivity contribution in [2.24, 2.45) is 0 Å². The van der Waals surface area contributed by atoms with Crippen molar-refractivity contribution in [3.05, 3.63) is 33.5 Å². The number of hydrogen-bond donors (Lipinski definition) is 3. The minimum absolute atomic E-state index is 0.00605. The van der Waals surface area contributed by atoms with Crippen molar-refractivity contribution in [2.45, 2.75) is 13.5 Å². The molecule has 0 bridgehead atoms. The van der Waals surface area contributed by atoms with E-state index in [1.165, 1.54) is 0 Å². The first kappa shape index (κ1) is 14.3. The number of halogens is 2. The van der Waals surface area contributed by atoms with Gasteiger partial charge in [0.05, 0.1) is 11.1 Å². The predicted molar refractivity (Wildman–Crippen MR) is 73.4 cm³/mol. The van der Waals surface area contributed by atoms with Gasteiger partial charge in [-0.25, -0.2) is 4.39 Å². The average Bonchev–Trinajstić information content (AvgIpc) is 2.31. The number of benzene rings is 1. The lowest BCUT2D eigenvalue weighted by Gasteiger charge is -2.12.